The zero-order valence-corrected chi connectivity index (χ0v) is 12.7. The average Bonchev–Trinajstić information content (AvgIpc) is 2.60. The van der Waals surface area contributed by atoms with E-state index >= 15 is 0 Å². The van der Waals surface area contributed by atoms with Crippen molar-refractivity contribution in [2.24, 2.45) is 0 Å². The summed E-state index contributed by atoms with van der Waals surface area (Å²) < 4.78 is 16.1. The van der Waals surface area contributed by atoms with E-state index in [0.29, 0.717) is 24.7 Å². The van der Waals surface area contributed by atoms with E-state index in [-0.39, 0.29) is 5.91 Å². The zero-order chi connectivity index (χ0) is 16.1. The Morgan fingerprint density at radius 3 is 2.57 bits per heavy atom. The minimum Gasteiger partial charge on any atom is -0.497 e. The Hall–Kier alpha value is -2.95. The van der Waals surface area contributed by atoms with Crippen LogP contribution in [0.25, 0.3) is 6.08 Å². The predicted molar refractivity (Wildman–Crippen MR) is 88.1 cm³/mol. The molecule has 0 saturated heterocycles. The molecule has 118 valence electrons. The molecule has 3 rings (SSSR count). The van der Waals surface area contributed by atoms with Crippen LogP contribution in [0.3, 0.4) is 0 Å². The topological polar surface area (TPSA) is 56.8 Å². The lowest BCUT2D eigenvalue weighted by molar-refractivity contribution is -0.111. The number of carbonyl (C=O) groups is 1. The van der Waals surface area contributed by atoms with Crippen LogP contribution in [0.1, 0.15) is 5.56 Å². The van der Waals surface area contributed by atoms with Crippen LogP contribution in [-0.2, 0) is 4.79 Å². The van der Waals surface area contributed by atoms with Crippen LogP contribution >= 0.6 is 0 Å². The molecule has 0 unspecified atom stereocenters. The van der Waals surface area contributed by atoms with Crippen molar-refractivity contribution in [3.05, 3.63) is 54.1 Å². The quantitative estimate of drug-likeness (QED) is 0.882. The van der Waals surface area contributed by atoms with Crippen LogP contribution in [-0.4, -0.2) is 26.2 Å². The minimum absolute atomic E-state index is 0.204. The van der Waals surface area contributed by atoms with Crippen molar-refractivity contribution in [3.8, 4) is 17.2 Å². The number of fused-ring (bicyclic) bond motifs is 1. The van der Waals surface area contributed by atoms with Gasteiger partial charge in [0.2, 0.25) is 5.91 Å². The van der Waals surface area contributed by atoms with Gasteiger partial charge < -0.3 is 19.5 Å². The molecule has 1 heterocycles. The molecule has 5 heteroatoms. The summed E-state index contributed by atoms with van der Waals surface area (Å²) in [7, 11) is 1.60. The van der Waals surface area contributed by atoms with Crippen molar-refractivity contribution in [1.29, 1.82) is 0 Å². The number of anilines is 1. The first kappa shape index (κ1) is 15.0. The number of ether oxygens (including phenoxy) is 3. The first-order valence-corrected chi connectivity index (χ1v) is 7.27. The molecule has 1 N–H and O–H groups in total. The maximum Gasteiger partial charge on any atom is 0.248 e. The second kappa shape index (κ2) is 6.87. The van der Waals surface area contributed by atoms with Gasteiger partial charge in [0.25, 0.3) is 0 Å². The number of hydrogen-bond donors (Lipinski definition) is 1. The SMILES string of the molecule is COc1ccc(NC(=O)/C=C/c2ccc3c(c2)OCCO3)cc1. The van der Waals surface area contributed by atoms with Crippen LogP contribution < -0.4 is 19.5 Å². The van der Waals surface area contributed by atoms with E-state index < -0.39 is 0 Å². The normalized spacial score (nSPS) is 12.9. The van der Waals surface area contributed by atoms with Gasteiger partial charge in [0.15, 0.2) is 11.5 Å². The molecule has 23 heavy (non-hydrogen) atoms. The molecule has 1 amide bonds. The van der Waals surface area contributed by atoms with Gasteiger partial charge in [-0.25, -0.2) is 0 Å². The standard InChI is InChI=1S/C18H17NO4/c1-21-15-6-4-14(5-7-15)19-18(20)9-3-13-2-8-16-17(12-13)23-11-10-22-16/h2-9,12H,10-11H2,1H3,(H,19,20)/b9-3+. The van der Waals surface area contributed by atoms with E-state index in [9.17, 15) is 4.79 Å². The summed E-state index contributed by atoms with van der Waals surface area (Å²) in [4.78, 5) is 11.9. The first-order valence-electron chi connectivity index (χ1n) is 7.27. The van der Waals surface area contributed by atoms with Gasteiger partial charge in [-0.3, -0.25) is 4.79 Å². The number of hydrogen-bond acceptors (Lipinski definition) is 4. The Labute approximate surface area is 134 Å². The van der Waals surface area contributed by atoms with E-state index in [1.54, 1.807) is 37.5 Å². The molecule has 2 aromatic carbocycles. The molecular weight excluding hydrogens is 294 g/mol. The fourth-order valence-electron chi connectivity index (χ4n) is 2.19. The molecule has 0 radical (unpaired) electrons. The second-order valence-corrected chi connectivity index (χ2v) is 4.95. The largest absolute Gasteiger partial charge is 0.497 e. The Bertz CT molecular complexity index is 722. The summed E-state index contributed by atoms with van der Waals surface area (Å²) >= 11 is 0. The van der Waals surface area contributed by atoms with Gasteiger partial charge in [0.05, 0.1) is 7.11 Å². The molecular formula is C18H17NO4. The maximum absolute atomic E-state index is 11.9. The highest BCUT2D eigenvalue weighted by Gasteiger charge is 2.10. The molecule has 0 aliphatic carbocycles. The van der Waals surface area contributed by atoms with Crippen LogP contribution in [0.4, 0.5) is 5.69 Å². The lowest BCUT2D eigenvalue weighted by atomic mass is 10.2. The summed E-state index contributed by atoms with van der Waals surface area (Å²) in [6, 6.07) is 12.7. The van der Waals surface area contributed by atoms with Crippen molar-refractivity contribution in [2.75, 3.05) is 25.6 Å². The number of rotatable bonds is 4. The monoisotopic (exact) mass is 311 g/mol. The lowest BCUT2D eigenvalue weighted by Crippen LogP contribution is -2.15. The van der Waals surface area contributed by atoms with Crippen molar-refractivity contribution >= 4 is 17.7 Å². The minimum atomic E-state index is -0.204. The highest BCUT2D eigenvalue weighted by Crippen LogP contribution is 2.31. The molecule has 0 fully saturated rings. The summed E-state index contributed by atoms with van der Waals surface area (Å²) in [6.45, 7) is 1.10. The highest BCUT2D eigenvalue weighted by molar-refractivity contribution is 6.01. The molecule has 0 bridgehead atoms. The number of amides is 1. The number of benzene rings is 2. The number of methoxy groups -OCH3 is 1. The maximum atomic E-state index is 11.9. The third-order valence-electron chi connectivity index (χ3n) is 3.35. The van der Waals surface area contributed by atoms with E-state index in [1.165, 1.54) is 6.08 Å². The van der Waals surface area contributed by atoms with E-state index in [2.05, 4.69) is 5.32 Å². The van der Waals surface area contributed by atoms with Crippen LogP contribution in [0.15, 0.2) is 48.5 Å². The fraction of sp³-hybridized carbons (Fsp3) is 0.167. The molecule has 0 saturated carbocycles. The van der Waals surface area contributed by atoms with Gasteiger partial charge in [-0.2, -0.15) is 0 Å². The summed E-state index contributed by atoms with van der Waals surface area (Å²) in [6.07, 6.45) is 3.22. The Morgan fingerprint density at radius 2 is 1.83 bits per heavy atom. The fourth-order valence-corrected chi connectivity index (χ4v) is 2.19. The highest BCUT2D eigenvalue weighted by atomic mass is 16.6. The van der Waals surface area contributed by atoms with Gasteiger partial charge in [0, 0.05) is 11.8 Å². The number of carbonyl (C=O) groups excluding carboxylic acids is 1. The van der Waals surface area contributed by atoms with Crippen molar-refractivity contribution in [2.45, 2.75) is 0 Å². The zero-order valence-electron chi connectivity index (χ0n) is 12.7. The third kappa shape index (κ3) is 3.83. The van der Waals surface area contributed by atoms with E-state index in [0.717, 1.165) is 17.1 Å². The van der Waals surface area contributed by atoms with Crippen LogP contribution in [0.5, 0.6) is 17.2 Å². The van der Waals surface area contributed by atoms with E-state index in [4.69, 9.17) is 14.2 Å². The van der Waals surface area contributed by atoms with E-state index in [1.807, 2.05) is 18.2 Å². The third-order valence-corrected chi connectivity index (χ3v) is 3.35. The summed E-state index contributed by atoms with van der Waals surface area (Å²) in [5, 5.41) is 2.79. The van der Waals surface area contributed by atoms with Gasteiger partial charge in [-0.05, 0) is 48.0 Å². The van der Waals surface area contributed by atoms with Crippen molar-refractivity contribution < 1.29 is 19.0 Å². The van der Waals surface area contributed by atoms with Gasteiger partial charge in [-0.15, -0.1) is 0 Å². The average molecular weight is 311 g/mol. The summed E-state index contributed by atoms with van der Waals surface area (Å²) in [5.41, 5.74) is 1.58. The molecule has 0 aromatic heterocycles. The first-order chi connectivity index (χ1) is 11.2. The molecule has 0 spiro atoms. The summed E-state index contributed by atoms with van der Waals surface area (Å²) in [5.74, 6) is 1.98. The Kier molecular flexibility index (Phi) is 4.47. The van der Waals surface area contributed by atoms with Crippen LogP contribution in [0.2, 0.25) is 0 Å². The predicted octanol–water partition coefficient (Wildman–Crippen LogP) is 3.12. The Morgan fingerprint density at radius 1 is 1.09 bits per heavy atom. The second-order valence-electron chi connectivity index (χ2n) is 4.95. The Balaban J connectivity index is 1.63. The van der Waals surface area contributed by atoms with Crippen LogP contribution in [0, 0.1) is 0 Å². The molecule has 5 nitrogen and oxygen atoms in total. The molecule has 1 aliphatic heterocycles. The van der Waals surface area contributed by atoms with Gasteiger partial charge in [-0.1, -0.05) is 6.07 Å². The molecule has 2 aromatic rings. The molecule has 1 aliphatic rings. The van der Waals surface area contributed by atoms with Crippen molar-refractivity contribution in [3.63, 3.8) is 0 Å². The molecule has 0 atom stereocenters. The van der Waals surface area contributed by atoms with Gasteiger partial charge >= 0.3 is 0 Å². The van der Waals surface area contributed by atoms with Crippen molar-refractivity contribution in [1.82, 2.24) is 0 Å². The smallest absolute Gasteiger partial charge is 0.248 e. The lowest BCUT2D eigenvalue weighted by Gasteiger charge is -2.18. The van der Waals surface area contributed by atoms with Gasteiger partial charge in [0.1, 0.15) is 19.0 Å². The number of nitrogens with one attached hydrogen (secondary N) is 1.